The number of benzene rings is 1. The molecule has 2 aromatic rings. The molecule has 11 nitrogen and oxygen atoms in total. The largest absolute Gasteiger partial charge is 0.444 e. The maximum Gasteiger partial charge on any atom is 0.414 e. The van der Waals surface area contributed by atoms with Crippen LogP contribution >= 0.6 is 0 Å². The van der Waals surface area contributed by atoms with Crippen molar-refractivity contribution in [2.75, 3.05) is 18.4 Å². The number of anilines is 1. The SMILES string of the molecule is CC(=O)N1CCC(C(=O)Nc2ncc(-c3cccc(COC(=O)NC(=N)N)c3F)cn2)CC1. The maximum atomic E-state index is 14.9. The predicted octanol–water partition coefficient (Wildman–Crippen LogP) is 1.60. The average molecular weight is 457 g/mol. The molecule has 174 valence electrons. The summed E-state index contributed by atoms with van der Waals surface area (Å²) < 4.78 is 19.7. The van der Waals surface area contributed by atoms with Crippen LogP contribution in [0.1, 0.15) is 25.3 Å². The number of nitrogens with two attached hydrogens (primary N) is 1. The molecule has 0 radical (unpaired) electrons. The van der Waals surface area contributed by atoms with Crippen molar-refractivity contribution in [1.29, 1.82) is 5.41 Å². The Labute approximate surface area is 189 Å². The van der Waals surface area contributed by atoms with Gasteiger partial charge in [-0.1, -0.05) is 18.2 Å². The molecule has 0 unspecified atom stereocenters. The summed E-state index contributed by atoms with van der Waals surface area (Å²) in [5.41, 5.74) is 5.71. The lowest BCUT2D eigenvalue weighted by Gasteiger charge is -2.30. The molecule has 0 aliphatic carbocycles. The Morgan fingerprint density at radius 3 is 2.52 bits per heavy atom. The van der Waals surface area contributed by atoms with E-state index >= 15 is 0 Å². The summed E-state index contributed by atoms with van der Waals surface area (Å²) >= 11 is 0. The van der Waals surface area contributed by atoms with Gasteiger partial charge >= 0.3 is 6.09 Å². The summed E-state index contributed by atoms with van der Waals surface area (Å²) in [6.07, 6.45) is 2.92. The first kappa shape index (κ1) is 23.6. The quantitative estimate of drug-likeness (QED) is 0.391. The molecule has 1 aliphatic rings. The van der Waals surface area contributed by atoms with Crippen molar-refractivity contribution >= 4 is 29.8 Å². The summed E-state index contributed by atoms with van der Waals surface area (Å²) in [7, 11) is 0. The second-order valence-corrected chi connectivity index (χ2v) is 7.46. The summed E-state index contributed by atoms with van der Waals surface area (Å²) in [6, 6.07) is 4.56. The van der Waals surface area contributed by atoms with Crippen molar-refractivity contribution in [3.8, 4) is 11.1 Å². The Morgan fingerprint density at radius 2 is 1.91 bits per heavy atom. The molecule has 0 atom stereocenters. The number of piperidine rings is 1. The molecule has 0 spiro atoms. The summed E-state index contributed by atoms with van der Waals surface area (Å²) in [5, 5.41) is 11.6. The molecule has 33 heavy (non-hydrogen) atoms. The number of hydrogen-bond donors (Lipinski definition) is 4. The molecule has 3 rings (SSSR count). The van der Waals surface area contributed by atoms with Crippen LogP contribution in [0, 0.1) is 17.1 Å². The van der Waals surface area contributed by atoms with E-state index in [-0.39, 0.29) is 41.4 Å². The zero-order valence-electron chi connectivity index (χ0n) is 17.9. The lowest BCUT2D eigenvalue weighted by atomic mass is 9.96. The third kappa shape index (κ3) is 6.21. The zero-order valence-corrected chi connectivity index (χ0v) is 17.9. The van der Waals surface area contributed by atoms with E-state index in [2.05, 4.69) is 15.3 Å². The minimum atomic E-state index is -0.970. The number of rotatable bonds is 5. The predicted molar refractivity (Wildman–Crippen MR) is 116 cm³/mol. The molecule has 3 amide bonds. The highest BCUT2D eigenvalue weighted by atomic mass is 19.1. The van der Waals surface area contributed by atoms with Gasteiger partial charge in [-0.15, -0.1) is 0 Å². The highest BCUT2D eigenvalue weighted by Gasteiger charge is 2.26. The van der Waals surface area contributed by atoms with E-state index in [0.717, 1.165) is 0 Å². The fraction of sp³-hybridized carbons (Fsp3) is 0.333. The molecular formula is C21H24FN7O4. The van der Waals surface area contributed by atoms with Gasteiger partial charge in [0.2, 0.25) is 17.8 Å². The number of carbonyl (C=O) groups excluding carboxylic acids is 3. The van der Waals surface area contributed by atoms with Gasteiger partial charge in [-0.2, -0.15) is 0 Å². The van der Waals surface area contributed by atoms with Crippen LogP contribution in [0.25, 0.3) is 11.1 Å². The van der Waals surface area contributed by atoms with Gasteiger partial charge in [0, 0.05) is 55.0 Å². The minimum absolute atomic E-state index is 0.00466. The number of halogens is 1. The first-order valence-corrected chi connectivity index (χ1v) is 10.2. The number of alkyl carbamates (subject to hydrolysis) is 1. The van der Waals surface area contributed by atoms with Crippen molar-refractivity contribution < 1.29 is 23.5 Å². The summed E-state index contributed by atoms with van der Waals surface area (Å²) in [4.78, 5) is 45.2. The van der Waals surface area contributed by atoms with Gasteiger partial charge in [0.25, 0.3) is 0 Å². The fourth-order valence-electron chi connectivity index (χ4n) is 3.40. The Balaban J connectivity index is 1.62. The second-order valence-electron chi connectivity index (χ2n) is 7.46. The van der Waals surface area contributed by atoms with E-state index in [1.165, 1.54) is 31.5 Å². The van der Waals surface area contributed by atoms with Crippen LogP contribution in [0.15, 0.2) is 30.6 Å². The van der Waals surface area contributed by atoms with Crippen molar-refractivity contribution in [3.63, 3.8) is 0 Å². The Bertz CT molecular complexity index is 1050. The average Bonchev–Trinajstić information content (AvgIpc) is 2.78. The molecule has 0 saturated carbocycles. The van der Waals surface area contributed by atoms with E-state index in [1.807, 2.05) is 5.32 Å². The summed E-state index contributed by atoms with van der Waals surface area (Å²) in [5.74, 6) is -1.57. The van der Waals surface area contributed by atoms with Crippen LogP contribution in [0.3, 0.4) is 0 Å². The number of hydrogen-bond acceptors (Lipinski definition) is 7. The van der Waals surface area contributed by atoms with Gasteiger partial charge in [0.15, 0.2) is 5.96 Å². The smallest absolute Gasteiger partial charge is 0.414 e. The monoisotopic (exact) mass is 457 g/mol. The molecule has 1 saturated heterocycles. The Morgan fingerprint density at radius 1 is 1.24 bits per heavy atom. The number of carbonyl (C=O) groups is 3. The van der Waals surface area contributed by atoms with Gasteiger partial charge in [-0.3, -0.25) is 25.6 Å². The third-order valence-electron chi connectivity index (χ3n) is 5.18. The van der Waals surface area contributed by atoms with Crippen molar-refractivity contribution in [1.82, 2.24) is 20.2 Å². The number of amides is 3. The van der Waals surface area contributed by atoms with E-state index in [0.29, 0.717) is 31.5 Å². The van der Waals surface area contributed by atoms with Gasteiger partial charge in [-0.25, -0.2) is 19.2 Å². The number of nitrogens with one attached hydrogen (secondary N) is 3. The van der Waals surface area contributed by atoms with Crippen molar-refractivity contribution in [3.05, 3.63) is 42.0 Å². The van der Waals surface area contributed by atoms with Gasteiger partial charge in [0.05, 0.1) is 0 Å². The zero-order chi connectivity index (χ0) is 24.0. The first-order chi connectivity index (χ1) is 15.7. The van der Waals surface area contributed by atoms with Crippen LogP contribution < -0.4 is 16.4 Å². The van der Waals surface area contributed by atoms with Gasteiger partial charge in [0.1, 0.15) is 12.4 Å². The maximum absolute atomic E-state index is 14.9. The standard InChI is InChI=1S/C21H24FN7O4/c1-12(30)29-7-5-13(6-8-29)18(31)27-20-25-9-15(10-26-20)16-4-2-3-14(17(16)22)11-33-21(32)28-19(23)24/h2-4,9-10,13H,5-8,11H2,1H3,(H4,23,24,28,32)(H,25,26,27,31). The number of aromatic nitrogens is 2. The molecule has 1 aromatic heterocycles. The molecule has 2 heterocycles. The Kier molecular flexibility index (Phi) is 7.49. The summed E-state index contributed by atoms with van der Waals surface area (Å²) in [6.45, 7) is 2.20. The fourth-order valence-corrected chi connectivity index (χ4v) is 3.40. The van der Waals surface area contributed by atoms with Crippen LogP contribution in [0.5, 0.6) is 0 Å². The van der Waals surface area contributed by atoms with Gasteiger partial charge < -0.3 is 15.4 Å². The molecule has 0 bridgehead atoms. The van der Waals surface area contributed by atoms with Crippen molar-refractivity contribution in [2.45, 2.75) is 26.4 Å². The number of likely N-dealkylation sites (tertiary alicyclic amines) is 1. The van der Waals surface area contributed by atoms with Crippen molar-refractivity contribution in [2.24, 2.45) is 11.7 Å². The topological polar surface area (TPSA) is 163 Å². The van der Waals surface area contributed by atoms with E-state index in [9.17, 15) is 18.8 Å². The third-order valence-corrected chi connectivity index (χ3v) is 5.18. The lowest BCUT2D eigenvalue weighted by Crippen LogP contribution is -2.40. The van der Waals surface area contributed by atoms with Gasteiger partial charge in [-0.05, 0) is 12.8 Å². The van der Waals surface area contributed by atoms with Crippen LogP contribution in [0.2, 0.25) is 0 Å². The molecule has 12 heteroatoms. The number of guanidine groups is 1. The highest BCUT2D eigenvalue weighted by Crippen LogP contribution is 2.25. The van der Waals surface area contributed by atoms with E-state index < -0.39 is 17.9 Å². The molecule has 1 fully saturated rings. The Hall–Kier alpha value is -4.09. The number of ether oxygens (including phenoxy) is 1. The van der Waals surface area contributed by atoms with E-state index in [4.69, 9.17) is 15.9 Å². The second kappa shape index (κ2) is 10.5. The highest BCUT2D eigenvalue weighted by molar-refractivity contribution is 5.91. The number of nitrogens with zero attached hydrogens (tertiary/aromatic N) is 3. The normalized spacial score (nSPS) is 13.8. The van der Waals surface area contributed by atoms with E-state index in [1.54, 1.807) is 11.0 Å². The lowest BCUT2D eigenvalue weighted by molar-refractivity contribution is -0.132. The van der Waals surface area contributed by atoms with Crippen LogP contribution in [-0.4, -0.2) is 51.8 Å². The molecule has 1 aromatic carbocycles. The first-order valence-electron chi connectivity index (χ1n) is 10.2. The van der Waals surface area contributed by atoms with Crippen LogP contribution in [0.4, 0.5) is 15.1 Å². The molecule has 1 aliphatic heterocycles. The molecule has 5 N–H and O–H groups in total. The molecular weight excluding hydrogens is 433 g/mol. The minimum Gasteiger partial charge on any atom is -0.444 e. The van der Waals surface area contributed by atoms with Crippen LogP contribution in [-0.2, 0) is 20.9 Å².